The van der Waals surface area contributed by atoms with E-state index in [1.54, 1.807) is 6.26 Å². The Morgan fingerprint density at radius 1 is 1.50 bits per heavy atom. The second-order valence-electron chi connectivity index (χ2n) is 3.75. The van der Waals surface area contributed by atoms with Crippen LogP contribution in [-0.4, -0.2) is 16.1 Å². The Bertz CT molecular complexity index is 445. The van der Waals surface area contributed by atoms with Crippen LogP contribution in [0.15, 0.2) is 29.1 Å². The fourth-order valence-corrected chi connectivity index (χ4v) is 1.66. The largest absolute Gasteiger partial charge is 0.468 e. The Kier molecular flexibility index (Phi) is 3.41. The fraction of sp³-hybridized carbons (Fsp3) is 0.417. The van der Waals surface area contributed by atoms with Crippen LogP contribution in [0, 0.1) is 6.92 Å². The lowest BCUT2D eigenvalue weighted by Crippen LogP contribution is -2.13. The summed E-state index contributed by atoms with van der Waals surface area (Å²) < 4.78 is 7.57. The molecule has 86 valence electrons. The summed E-state index contributed by atoms with van der Waals surface area (Å²) in [6, 6.07) is 2.02. The van der Waals surface area contributed by atoms with E-state index in [0.29, 0.717) is 0 Å². The van der Waals surface area contributed by atoms with Crippen LogP contribution in [0.3, 0.4) is 0 Å². The predicted octanol–water partition coefficient (Wildman–Crippen LogP) is 1.94. The molecule has 0 atom stereocenters. The zero-order chi connectivity index (χ0) is 11.4. The molecule has 0 aliphatic heterocycles. The highest BCUT2D eigenvalue weighted by Gasteiger charge is 2.07. The first-order valence-electron chi connectivity index (χ1n) is 5.55. The van der Waals surface area contributed by atoms with E-state index in [1.807, 2.05) is 25.4 Å². The van der Waals surface area contributed by atoms with Crippen LogP contribution >= 0.6 is 0 Å². The molecular weight excluding hydrogens is 202 g/mol. The molecule has 0 radical (unpaired) electrons. The average molecular weight is 219 g/mol. The van der Waals surface area contributed by atoms with Gasteiger partial charge in [-0.15, -0.1) is 0 Å². The molecule has 0 amide bonds. The van der Waals surface area contributed by atoms with Crippen molar-refractivity contribution in [1.82, 2.24) is 14.9 Å². The minimum absolute atomic E-state index is 0.784. The Balaban J connectivity index is 2.09. The van der Waals surface area contributed by atoms with E-state index in [9.17, 15) is 0 Å². The molecule has 0 unspecified atom stereocenters. The third kappa shape index (κ3) is 2.33. The minimum atomic E-state index is 0.784. The van der Waals surface area contributed by atoms with E-state index in [2.05, 4.69) is 21.8 Å². The van der Waals surface area contributed by atoms with Crippen LogP contribution in [0.2, 0.25) is 0 Å². The van der Waals surface area contributed by atoms with Gasteiger partial charge in [-0.3, -0.25) is 0 Å². The van der Waals surface area contributed by atoms with Crippen LogP contribution in [0.4, 0.5) is 0 Å². The van der Waals surface area contributed by atoms with Crippen molar-refractivity contribution in [3.8, 4) is 0 Å². The number of nitrogens with zero attached hydrogens (tertiary/aromatic N) is 2. The second kappa shape index (κ2) is 4.99. The van der Waals surface area contributed by atoms with Gasteiger partial charge in [-0.1, -0.05) is 6.92 Å². The number of imidazole rings is 1. The van der Waals surface area contributed by atoms with E-state index in [-0.39, 0.29) is 0 Å². The quantitative estimate of drug-likeness (QED) is 0.835. The number of aryl methyl sites for hydroxylation is 1. The molecule has 0 spiro atoms. The van der Waals surface area contributed by atoms with Crippen molar-refractivity contribution in [3.05, 3.63) is 41.9 Å². The van der Waals surface area contributed by atoms with E-state index >= 15 is 0 Å². The van der Waals surface area contributed by atoms with Crippen molar-refractivity contribution in [2.24, 2.45) is 0 Å². The SMILES string of the molecule is CCNCc1occc1Cn1ccnc1C. The van der Waals surface area contributed by atoms with Gasteiger partial charge in [0, 0.05) is 18.0 Å². The molecule has 2 aromatic heterocycles. The minimum Gasteiger partial charge on any atom is -0.468 e. The maximum Gasteiger partial charge on any atom is 0.122 e. The molecule has 2 heterocycles. The van der Waals surface area contributed by atoms with Crippen LogP contribution in [0.5, 0.6) is 0 Å². The number of nitrogens with one attached hydrogen (secondary N) is 1. The van der Waals surface area contributed by atoms with Crippen molar-refractivity contribution >= 4 is 0 Å². The highest BCUT2D eigenvalue weighted by atomic mass is 16.3. The van der Waals surface area contributed by atoms with Gasteiger partial charge in [-0.2, -0.15) is 0 Å². The lowest BCUT2D eigenvalue weighted by atomic mass is 10.2. The number of hydrogen-bond acceptors (Lipinski definition) is 3. The molecule has 4 nitrogen and oxygen atoms in total. The zero-order valence-electron chi connectivity index (χ0n) is 9.73. The summed E-state index contributed by atoms with van der Waals surface area (Å²) in [4.78, 5) is 4.21. The predicted molar refractivity (Wildman–Crippen MR) is 62.2 cm³/mol. The van der Waals surface area contributed by atoms with Gasteiger partial charge in [0.1, 0.15) is 11.6 Å². The molecule has 16 heavy (non-hydrogen) atoms. The highest BCUT2D eigenvalue weighted by Crippen LogP contribution is 2.13. The summed E-state index contributed by atoms with van der Waals surface area (Å²) >= 11 is 0. The van der Waals surface area contributed by atoms with Crippen molar-refractivity contribution < 1.29 is 4.42 Å². The summed E-state index contributed by atoms with van der Waals surface area (Å²) in [6.07, 6.45) is 5.55. The lowest BCUT2D eigenvalue weighted by molar-refractivity contribution is 0.480. The summed E-state index contributed by atoms with van der Waals surface area (Å²) in [7, 11) is 0. The van der Waals surface area contributed by atoms with Crippen LogP contribution in [0.1, 0.15) is 24.1 Å². The molecular formula is C12H17N3O. The van der Waals surface area contributed by atoms with E-state index < -0.39 is 0 Å². The molecule has 0 aliphatic carbocycles. The van der Waals surface area contributed by atoms with Crippen LogP contribution < -0.4 is 5.32 Å². The van der Waals surface area contributed by atoms with Crippen molar-refractivity contribution in [3.63, 3.8) is 0 Å². The van der Waals surface area contributed by atoms with Gasteiger partial charge in [0.25, 0.3) is 0 Å². The van der Waals surface area contributed by atoms with Crippen molar-refractivity contribution in [2.45, 2.75) is 26.9 Å². The molecule has 0 fully saturated rings. The first-order valence-corrected chi connectivity index (χ1v) is 5.55. The van der Waals surface area contributed by atoms with E-state index in [1.165, 1.54) is 5.56 Å². The summed E-state index contributed by atoms with van der Waals surface area (Å²) in [5, 5.41) is 3.27. The van der Waals surface area contributed by atoms with Crippen LogP contribution in [0.25, 0.3) is 0 Å². The highest BCUT2D eigenvalue weighted by molar-refractivity contribution is 5.18. The van der Waals surface area contributed by atoms with Gasteiger partial charge in [-0.05, 0) is 19.5 Å². The fourth-order valence-electron chi connectivity index (χ4n) is 1.66. The summed E-state index contributed by atoms with van der Waals surface area (Å²) in [5.41, 5.74) is 1.21. The zero-order valence-corrected chi connectivity index (χ0v) is 9.73. The lowest BCUT2D eigenvalue weighted by Gasteiger charge is -2.05. The summed E-state index contributed by atoms with van der Waals surface area (Å²) in [5.74, 6) is 2.03. The maximum absolute atomic E-state index is 5.46. The Hall–Kier alpha value is -1.55. The number of furan rings is 1. The first-order chi connectivity index (χ1) is 7.81. The topological polar surface area (TPSA) is 43.0 Å². The molecule has 2 aromatic rings. The van der Waals surface area contributed by atoms with Gasteiger partial charge in [-0.25, -0.2) is 4.98 Å². The maximum atomic E-state index is 5.46. The van der Waals surface area contributed by atoms with E-state index in [0.717, 1.165) is 31.2 Å². The Labute approximate surface area is 95.3 Å². The molecule has 1 N–H and O–H groups in total. The van der Waals surface area contributed by atoms with Gasteiger partial charge < -0.3 is 14.3 Å². The second-order valence-corrected chi connectivity index (χ2v) is 3.75. The summed E-state index contributed by atoms with van der Waals surface area (Å²) in [6.45, 7) is 6.65. The van der Waals surface area contributed by atoms with Gasteiger partial charge in [0.2, 0.25) is 0 Å². The Morgan fingerprint density at radius 3 is 3.06 bits per heavy atom. The monoisotopic (exact) mass is 219 g/mol. The first kappa shape index (κ1) is 11.0. The van der Waals surface area contributed by atoms with Gasteiger partial charge in [0.05, 0.1) is 19.4 Å². The average Bonchev–Trinajstić information content (AvgIpc) is 2.87. The Morgan fingerprint density at radius 2 is 2.38 bits per heavy atom. The molecule has 0 saturated carbocycles. The van der Waals surface area contributed by atoms with E-state index in [4.69, 9.17) is 4.42 Å². The standard InChI is InChI=1S/C12H17N3O/c1-3-13-8-12-11(4-7-16-12)9-15-6-5-14-10(15)2/h4-7,13H,3,8-9H2,1-2H3. The van der Waals surface area contributed by atoms with Crippen LogP contribution in [-0.2, 0) is 13.1 Å². The number of aromatic nitrogens is 2. The number of rotatable bonds is 5. The molecule has 4 heteroatoms. The third-order valence-corrected chi connectivity index (χ3v) is 2.64. The smallest absolute Gasteiger partial charge is 0.122 e. The normalized spacial score (nSPS) is 10.9. The molecule has 0 bridgehead atoms. The molecule has 2 rings (SSSR count). The van der Waals surface area contributed by atoms with Crippen molar-refractivity contribution in [2.75, 3.05) is 6.54 Å². The molecule has 0 aromatic carbocycles. The number of hydrogen-bond donors (Lipinski definition) is 1. The molecule has 0 saturated heterocycles. The van der Waals surface area contributed by atoms with Crippen molar-refractivity contribution in [1.29, 1.82) is 0 Å². The molecule has 0 aliphatic rings. The van der Waals surface area contributed by atoms with Gasteiger partial charge >= 0.3 is 0 Å². The van der Waals surface area contributed by atoms with Gasteiger partial charge in [0.15, 0.2) is 0 Å². The third-order valence-electron chi connectivity index (χ3n) is 2.64.